The summed E-state index contributed by atoms with van der Waals surface area (Å²) in [6.07, 6.45) is 3.16. The first-order valence-electron chi connectivity index (χ1n) is 12.9. The van der Waals surface area contributed by atoms with Crippen LogP contribution < -0.4 is 15.8 Å². The summed E-state index contributed by atoms with van der Waals surface area (Å²) in [6, 6.07) is 15.9. The summed E-state index contributed by atoms with van der Waals surface area (Å²) in [6.45, 7) is 11.2. The van der Waals surface area contributed by atoms with Crippen LogP contribution >= 0.6 is 0 Å². The fraction of sp³-hybridized carbons (Fsp3) is 0.156. The highest BCUT2D eigenvalue weighted by molar-refractivity contribution is 6.11. The number of nitrogens with two attached hydrogens (primary N) is 1. The van der Waals surface area contributed by atoms with Crippen LogP contribution in [-0.4, -0.2) is 25.4 Å². The summed E-state index contributed by atoms with van der Waals surface area (Å²) in [5.74, 6) is 0.706. The average Bonchev–Trinajstić information content (AvgIpc) is 3.24. The number of nitrogens with one attached hydrogen (secondary N) is 1. The second-order valence-corrected chi connectivity index (χ2v) is 10.0. The van der Waals surface area contributed by atoms with Crippen LogP contribution in [0.2, 0.25) is 0 Å². The fourth-order valence-electron chi connectivity index (χ4n) is 4.92. The van der Waals surface area contributed by atoms with Gasteiger partial charge in [0, 0.05) is 47.5 Å². The number of hydrogen-bond acceptors (Lipinski definition) is 7. The van der Waals surface area contributed by atoms with Crippen LogP contribution in [0.1, 0.15) is 29.3 Å². The summed E-state index contributed by atoms with van der Waals surface area (Å²) in [5, 5.41) is 13.5. The molecule has 0 aliphatic carbocycles. The quantitative estimate of drug-likeness (QED) is 0.237. The molecule has 3 N–H and O–H groups in total. The third-order valence-electron chi connectivity index (χ3n) is 6.92. The van der Waals surface area contributed by atoms with Gasteiger partial charge in [-0.2, -0.15) is 5.26 Å². The van der Waals surface area contributed by atoms with Crippen LogP contribution in [0.4, 0.5) is 11.5 Å². The number of aromatic nitrogens is 4. The fourth-order valence-corrected chi connectivity index (χ4v) is 4.92. The summed E-state index contributed by atoms with van der Waals surface area (Å²) in [7, 11) is 1.91. The van der Waals surface area contributed by atoms with Crippen LogP contribution in [0.5, 0.6) is 11.8 Å². The van der Waals surface area contributed by atoms with E-state index < -0.39 is 0 Å². The van der Waals surface area contributed by atoms with Crippen molar-refractivity contribution in [2.75, 3.05) is 11.1 Å². The zero-order chi connectivity index (χ0) is 29.4. The molecule has 1 amide bonds. The van der Waals surface area contributed by atoms with Gasteiger partial charge in [0.25, 0.3) is 5.91 Å². The van der Waals surface area contributed by atoms with Crippen molar-refractivity contribution < 1.29 is 9.53 Å². The van der Waals surface area contributed by atoms with E-state index in [-0.39, 0.29) is 11.9 Å². The van der Waals surface area contributed by atoms with E-state index in [1.807, 2.05) is 74.9 Å². The van der Waals surface area contributed by atoms with Gasteiger partial charge in [0.2, 0.25) is 0 Å². The SMILES string of the molecule is C=C(C)C(=O)Nc1ccc(-c2c(-c3ccc(Oc4nccc(C)n4)c(C)c3)c3c(N)ncc(C#N)c3n2C)c(C)c1. The third-order valence-corrected chi connectivity index (χ3v) is 6.92. The topological polar surface area (TPSA) is 132 Å². The molecule has 0 saturated carbocycles. The first kappa shape index (κ1) is 27.1. The average molecular weight is 544 g/mol. The number of hydrogen-bond donors (Lipinski definition) is 2. The van der Waals surface area contributed by atoms with Gasteiger partial charge in [0.1, 0.15) is 17.6 Å². The summed E-state index contributed by atoms with van der Waals surface area (Å²) < 4.78 is 7.96. The molecular weight excluding hydrogens is 514 g/mol. The minimum Gasteiger partial charge on any atom is -0.424 e. The Morgan fingerprint density at radius 3 is 2.54 bits per heavy atom. The van der Waals surface area contributed by atoms with Gasteiger partial charge in [0.05, 0.1) is 22.2 Å². The molecule has 9 nitrogen and oxygen atoms in total. The molecule has 0 fully saturated rings. The van der Waals surface area contributed by atoms with Crippen LogP contribution in [0.15, 0.2) is 67.0 Å². The minimum atomic E-state index is -0.242. The largest absolute Gasteiger partial charge is 0.424 e. The normalized spacial score (nSPS) is 10.8. The van der Waals surface area contributed by atoms with Gasteiger partial charge >= 0.3 is 6.01 Å². The highest BCUT2D eigenvalue weighted by Crippen LogP contribution is 2.45. The highest BCUT2D eigenvalue weighted by Gasteiger charge is 2.25. The Morgan fingerprint density at radius 2 is 1.88 bits per heavy atom. The van der Waals surface area contributed by atoms with Gasteiger partial charge in [-0.3, -0.25) is 4.79 Å². The van der Waals surface area contributed by atoms with Gasteiger partial charge < -0.3 is 20.4 Å². The molecule has 41 heavy (non-hydrogen) atoms. The monoisotopic (exact) mass is 543 g/mol. The first-order valence-corrected chi connectivity index (χ1v) is 12.9. The van der Waals surface area contributed by atoms with E-state index >= 15 is 0 Å². The number of amides is 1. The molecule has 0 bridgehead atoms. The maximum atomic E-state index is 12.2. The summed E-state index contributed by atoms with van der Waals surface area (Å²) in [5.41, 5.74) is 14.8. The van der Waals surface area contributed by atoms with E-state index in [2.05, 4.69) is 32.9 Å². The Balaban J connectivity index is 1.71. The number of anilines is 2. The number of rotatable bonds is 6. The first-order chi connectivity index (χ1) is 19.6. The van der Waals surface area contributed by atoms with Crippen molar-refractivity contribution in [3.63, 3.8) is 0 Å². The van der Waals surface area contributed by atoms with E-state index in [0.717, 1.165) is 39.2 Å². The Morgan fingerprint density at radius 1 is 1.10 bits per heavy atom. The third kappa shape index (κ3) is 4.99. The number of carbonyl (C=O) groups is 1. The van der Waals surface area contributed by atoms with Crippen LogP contribution in [0.25, 0.3) is 33.3 Å². The number of pyridine rings is 1. The van der Waals surface area contributed by atoms with E-state index in [9.17, 15) is 10.1 Å². The Kier molecular flexibility index (Phi) is 6.99. The molecule has 0 aliphatic rings. The standard InChI is InChI=1S/C32H29N7O2/c1-17(2)31(40)38-23-8-9-24(18(3)14-23)29-26(27-28(39(29)6)22(15-33)16-36-30(27)34)21-7-10-25(19(4)13-21)41-32-35-12-11-20(5)37-32/h7-14,16H,1H2,2-6H3,(H2,34,36)(H,38,40). The molecule has 5 aromatic rings. The molecule has 0 aliphatic heterocycles. The molecule has 2 aromatic carbocycles. The zero-order valence-electron chi connectivity index (χ0n) is 23.5. The maximum Gasteiger partial charge on any atom is 0.322 e. The second-order valence-electron chi connectivity index (χ2n) is 10.0. The van der Waals surface area contributed by atoms with E-state index in [1.54, 1.807) is 13.1 Å². The molecule has 0 atom stereocenters. The number of fused-ring (bicyclic) bond motifs is 1. The molecule has 9 heteroatoms. The molecule has 0 spiro atoms. The second kappa shape index (κ2) is 10.6. The Bertz CT molecular complexity index is 1910. The molecule has 5 rings (SSSR count). The number of aryl methyl sites for hydroxylation is 4. The van der Waals surface area contributed by atoms with Gasteiger partial charge in [-0.05, 0) is 74.7 Å². The molecule has 0 radical (unpaired) electrons. The lowest BCUT2D eigenvalue weighted by Gasteiger charge is -2.15. The number of nitriles is 1. The number of carbonyl (C=O) groups excluding carboxylic acids is 1. The lowest BCUT2D eigenvalue weighted by molar-refractivity contribution is -0.112. The highest BCUT2D eigenvalue weighted by atomic mass is 16.5. The maximum absolute atomic E-state index is 12.2. The van der Waals surface area contributed by atoms with Crippen molar-refractivity contribution in [2.24, 2.45) is 7.05 Å². The molecule has 204 valence electrons. The van der Waals surface area contributed by atoms with Crippen molar-refractivity contribution in [3.8, 4) is 40.2 Å². The number of benzene rings is 2. The van der Waals surface area contributed by atoms with Crippen molar-refractivity contribution >= 4 is 28.3 Å². The molecule has 3 heterocycles. The van der Waals surface area contributed by atoms with E-state index in [0.29, 0.717) is 39.3 Å². The summed E-state index contributed by atoms with van der Waals surface area (Å²) in [4.78, 5) is 25.1. The van der Waals surface area contributed by atoms with Crippen molar-refractivity contribution in [3.05, 3.63) is 89.4 Å². The van der Waals surface area contributed by atoms with Crippen molar-refractivity contribution in [1.29, 1.82) is 5.26 Å². The minimum absolute atomic E-state index is 0.242. The van der Waals surface area contributed by atoms with E-state index in [4.69, 9.17) is 10.5 Å². The molecule has 0 saturated heterocycles. The Labute approximate surface area is 238 Å². The molecular formula is C32H29N7O2. The lowest BCUT2D eigenvalue weighted by atomic mass is 9.94. The number of ether oxygens (including phenoxy) is 1. The molecule has 3 aromatic heterocycles. The van der Waals surface area contributed by atoms with Crippen LogP contribution in [-0.2, 0) is 11.8 Å². The van der Waals surface area contributed by atoms with E-state index in [1.165, 1.54) is 6.20 Å². The van der Waals surface area contributed by atoms with Gasteiger partial charge in [-0.1, -0.05) is 18.7 Å². The zero-order valence-corrected chi connectivity index (χ0v) is 23.5. The van der Waals surface area contributed by atoms with Crippen molar-refractivity contribution in [2.45, 2.75) is 27.7 Å². The van der Waals surface area contributed by atoms with Crippen molar-refractivity contribution in [1.82, 2.24) is 19.5 Å². The van der Waals surface area contributed by atoms with Gasteiger partial charge in [-0.25, -0.2) is 15.0 Å². The summed E-state index contributed by atoms with van der Waals surface area (Å²) >= 11 is 0. The van der Waals surface area contributed by atoms with Gasteiger partial charge in [-0.15, -0.1) is 0 Å². The molecule has 0 unspecified atom stereocenters. The van der Waals surface area contributed by atoms with Crippen LogP contribution in [0.3, 0.4) is 0 Å². The number of nitrogen functional groups attached to an aromatic ring is 1. The number of nitrogens with zero attached hydrogens (tertiary/aromatic N) is 5. The lowest BCUT2D eigenvalue weighted by Crippen LogP contribution is -2.11. The predicted molar refractivity (Wildman–Crippen MR) is 160 cm³/mol. The predicted octanol–water partition coefficient (Wildman–Crippen LogP) is 6.38. The Hall–Kier alpha value is -5.49. The van der Waals surface area contributed by atoms with Gasteiger partial charge in [0.15, 0.2) is 0 Å². The smallest absolute Gasteiger partial charge is 0.322 e. The van der Waals surface area contributed by atoms with Crippen LogP contribution in [0, 0.1) is 32.1 Å².